The van der Waals surface area contributed by atoms with Crippen LogP contribution < -0.4 is 5.32 Å². The molecule has 17 heavy (non-hydrogen) atoms. The highest BCUT2D eigenvalue weighted by molar-refractivity contribution is 5.94. The first kappa shape index (κ1) is 13.5. The molecule has 1 rings (SSSR count). The van der Waals surface area contributed by atoms with E-state index in [0.717, 1.165) is 5.56 Å². The molecular weight excluding hydrogens is 218 g/mol. The summed E-state index contributed by atoms with van der Waals surface area (Å²) < 4.78 is 0. The number of phenolic OH excluding ortho intramolecular Hbond substituents is 1. The number of carbonyl (C=O) groups is 1. The summed E-state index contributed by atoms with van der Waals surface area (Å²) >= 11 is 0. The van der Waals surface area contributed by atoms with Crippen LogP contribution in [0, 0.1) is 12.3 Å². The number of rotatable bonds is 4. The maximum atomic E-state index is 11.8. The number of nitrogens with one attached hydrogen (secondary N) is 1. The van der Waals surface area contributed by atoms with Crippen molar-refractivity contribution in [3.05, 3.63) is 29.3 Å². The van der Waals surface area contributed by atoms with Gasteiger partial charge in [0.1, 0.15) is 5.75 Å². The molecule has 1 aromatic carbocycles. The molecule has 4 nitrogen and oxygen atoms in total. The molecule has 0 fully saturated rings. The van der Waals surface area contributed by atoms with Crippen molar-refractivity contribution >= 4 is 5.91 Å². The lowest BCUT2D eigenvalue weighted by molar-refractivity contribution is 0.0910. The number of carbonyl (C=O) groups excluding carboxylic acids is 1. The zero-order valence-corrected chi connectivity index (χ0v) is 10.4. The summed E-state index contributed by atoms with van der Waals surface area (Å²) in [6.45, 7) is 5.88. The fourth-order valence-electron chi connectivity index (χ4n) is 1.23. The summed E-state index contributed by atoms with van der Waals surface area (Å²) in [5.41, 5.74) is 0.807. The first-order valence-electron chi connectivity index (χ1n) is 5.54. The molecule has 0 aromatic heterocycles. The highest BCUT2D eigenvalue weighted by Gasteiger charge is 2.18. The van der Waals surface area contributed by atoms with Gasteiger partial charge in [0.15, 0.2) is 0 Å². The zero-order valence-electron chi connectivity index (χ0n) is 10.4. The number of aliphatic hydroxyl groups is 1. The van der Waals surface area contributed by atoms with Crippen molar-refractivity contribution in [1.29, 1.82) is 0 Å². The summed E-state index contributed by atoms with van der Waals surface area (Å²) in [6.07, 6.45) is 0. The molecule has 0 unspecified atom stereocenters. The molecule has 0 aliphatic heterocycles. The van der Waals surface area contributed by atoms with Crippen LogP contribution in [-0.2, 0) is 0 Å². The summed E-state index contributed by atoms with van der Waals surface area (Å²) in [7, 11) is 0. The standard InChI is InChI=1S/C13H19NO3/c1-9-4-5-10(6-11(9)16)12(17)14-7-13(2,3)8-15/h4-6,15-16H,7-8H2,1-3H3,(H,14,17). The van der Waals surface area contributed by atoms with E-state index in [1.807, 2.05) is 13.8 Å². The van der Waals surface area contributed by atoms with Crippen molar-refractivity contribution in [2.24, 2.45) is 5.41 Å². The van der Waals surface area contributed by atoms with Crippen molar-refractivity contribution in [3.63, 3.8) is 0 Å². The Morgan fingerprint density at radius 1 is 1.41 bits per heavy atom. The van der Waals surface area contributed by atoms with Gasteiger partial charge in [-0.15, -0.1) is 0 Å². The second-order valence-electron chi connectivity index (χ2n) is 5.01. The third-order valence-electron chi connectivity index (χ3n) is 2.63. The maximum Gasteiger partial charge on any atom is 0.251 e. The quantitative estimate of drug-likeness (QED) is 0.742. The van der Waals surface area contributed by atoms with Crippen LogP contribution in [0.2, 0.25) is 0 Å². The average Bonchev–Trinajstić information content (AvgIpc) is 2.30. The highest BCUT2D eigenvalue weighted by atomic mass is 16.3. The second kappa shape index (κ2) is 5.19. The molecule has 0 spiro atoms. The maximum absolute atomic E-state index is 11.8. The zero-order chi connectivity index (χ0) is 13.1. The summed E-state index contributed by atoms with van der Waals surface area (Å²) in [5.74, 6) is -0.138. The first-order valence-corrected chi connectivity index (χ1v) is 5.54. The van der Waals surface area contributed by atoms with E-state index < -0.39 is 0 Å². The normalized spacial score (nSPS) is 11.3. The molecule has 4 heteroatoms. The van der Waals surface area contributed by atoms with Gasteiger partial charge in [-0.3, -0.25) is 4.79 Å². The molecule has 0 saturated carbocycles. The van der Waals surface area contributed by atoms with Gasteiger partial charge in [0.05, 0.1) is 0 Å². The fourth-order valence-corrected chi connectivity index (χ4v) is 1.23. The molecular formula is C13H19NO3. The van der Waals surface area contributed by atoms with E-state index >= 15 is 0 Å². The first-order chi connectivity index (χ1) is 7.85. The van der Waals surface area contributed by atoms with Crippen molar-refractivity contribution in [2.75, 3.05) is 13.2 Å². The largest absolute Gasteiger partial charge is 0.508 e. The van der Waals surface area contributed by atoms with Crippen LogP contribution in [0.25, 0.3) is 0 Å². The molecule has 3 N–H and O–H groups in total. The highest BCUT2D eigenvalue weighted by Crippen LogP contribution is 2.18. The van der Waals surface area contributed by atoms with Crippen molar-refractivity contribution in [3.8, 4) is 5.75 Å². The lowest BCUT2D eigenvalue weighted by Gasteiger charge is -2.21. The SMILES string of the molecule is Cc1ccc(C(=O)NCC(C)(C)CO)cc1O. The molecule has 0 bridgehead atoms. The molecule has 0 heterocycles. The van der Waals surface area contributed by atoms with Gasteiger partial charge in [-0.2, -0.15) is 0 Å². The van der Waals surface area contributed by atoms with Crippen LogP contribution in [0.3, 0.4) is 0 Å². The number of aliphatic hydroxyl groups excluding tert-OH is 1. The predicted octanol–water partition coefficient (Wildman–Crippen LogP) is 1.45. The third kappa shape index (κ3) is 3.75. The van der Waals surface area contributed by atoms with Gasteiger partial charge in [0.25, 0.3) is 5.91 Å². The van der Waals surface area contributed by atoms with Crippen molar-refractivity contribution in [1.82, 2.24) is 5.32 Å². The van der Waals surface area contributed by atoms with E-state index in [1.165, 1.54) is 6.07 Å². The molecule has 94 valence electrons. The van der Waals surface area contributed by atoms with Crippen LogP contribution in [-0.4, -0.2) is 29.3 Å². The number of hydrogen-bond acceptors (Lipinski definition) is 3. The van der Waals surface area contributed by atoms with Crippen LogP contribution in [0.5, 0.6) is 5.75 Å². The lowest BCUT2D eigenvalue weighted by Crippen LogP contribution is -2.36. The minimum Gasteiger partial charge on any atom is -0.508 e. The summed E-state index contributed by atoms with van der Waals surface area (Å²) in [5, 5.41) is 21.3. The Morgan fingerprint density at radius 2 is 2.06 bits per heavy atom. The molecule has 1 aromatic rings. The number of benzene rings is 1. The number of hydrogen-bond donors (Lipinski definition) is 3. The van der Waals surface area contributed by atoms with Gasteiger partial charge in [0.2, 0.25) is 0 Å². The van der Waals surface area contributed by atoms with Crippen molar-refractivity contribution in [2.45, 2.75) is 20.8 Å². The number of amides is 1. The van der Waals surface area contributed by atoms with Gasteiger partial charge in [-0.1, -0.05) is 19.9 Å². The minimum atomic E-state index is -0.345. The van der Waals surface area contributed by atoms with Crippen molar-refractivity contribution < 1.29 is 15.0 Å². The molecule has 0 aliphatic rings. The van der Waals surface area contributed by atoms with E-state index in [-0.39, 0.29) is 23.7 Å². The molecule has 0 atom stereocenters. The van der Waals surface area contributed by atoms with Gasteiger partial charge < -0.3 is 15.5 Å². The van der Waals surface area contributed by atoms with Crippen LogP contribution in [0.1, 0.15) is 29.8 Å². The van der Waals surface area contributed by atoms with E-state index in [9.17, 15) is 9.90 Å². The Bertz CT molecular complexity index is 413. The molecule has 0 aliphatic carbocycles. The molecule has 0 radical (unpaired) electrons. The van der Waals surface area contributed by atoms with Gasteiger partial charge in [-0.25, -0.2) is 0 Å². The summed E-state index contributed by atoms with van der Waals surface area (Å²) in [4.78, 5) is 11.8. The van der Waals surface area contributed by atoms with Gasteiger partial charge in [-0.05, 0) is 24.6 Å². The van der Waals surface area contributed by atoms with Gasteiger partial charge in [0, 0.05) is 24.1 Å². The average molecular weight is 237 g/mol. The smallest absolute Gasteiger partial charge is 0.251 e. The van der Waals surface area contributed by atoms with Crippen LogP contribution in [0.15, 0.2) is 18.2 Å². The minimum absolute atomic E-state index is 0.00638. The van der Waals surface area contributed by atoms with Crippen LogP contribution in [0.4, 0.5) is 0 Å². The molecule has 0 saturated heterocycles. The number of aryl methyl sites for hydroxylation is 1. The predicted molar refractivity (Wildman–Crippen MR) is 66.0 cm³/mol. The van der Waals surface area contributed by atoms with Crippen LogP contribution >= 0.6 is 0 Å². The lowest BCUT2D eigenvalue weighted by atomic mass is 9.95. The van der Waals surface area contributed by atoms with Gasteiger partial charge >= 0.3 is 0 Å². The monoisotopic (exact) mass is 237 g/mol. The van der Waals surface area contributed by atoms with E-state index in [2.05, 4.69) is 5.32 Å². The summed E-state index contributed by atoms with van der Waals surface area (Å²) in [6, 6.07) is 4.80. The van der Waals surface area contributed by atoms with E-state index in [4.69, 9.17) is 5.11 Å². The Hall–Kier alpha value is -1.55. The Morgan fingerprint density at radius 3 is 2.59 bits per heavy atom. The Kier molecular flexibility index (Phi) is 4.12. The molecule has 1 amide bonds. The second-order valence-corrected chi connectivity index (χ2v) is 5.01. The number of aromatic hydroxyl groups is 1. The fraction of sp³-hybridized carbons (Fsp3) is 0.462. The van der Waals surface area contributed by atoms with E-state index in [1.54, 1.807) is 19.1 Å². The third-order valence-corrected chi connectivity index (χ3v) is 2.63. The Labute approximate surface area is 101 Å². The Balaban J connectivity index is 2.68. The van der Waals surface area contributed by atoms with E-state index in [0.29, 0.717) is 12.1 Å². The number of phenols is 1. The topological polar surface area (TPSA) is 69.6 Å².